The second-order valence-corrected chi connectivity index (χ2v) is 10.1. The van der Waals surface area contributed by atoms with Gasteiger partial charge in [0.1, 0.15) is 17.3 Å². The lowest BCUT2D eigenvalue weighted by Crippen LogP contribution is -2.51. The SMILES string of the molecule is CC(=O)N1CCN(C(=O)CS(=O)(=O)Cc2ccc(Oc3ccc(Cl)c(Cl)c3)cc2)CC1. The number of sulfone groups is 1. The molecule has 0 aromatic heterocycles. The highest BCUT2D eigenvalue weighted by molar-refractivity contribution is 7.91. The average molecular weight is 485 g/mol. The highest BCUT2D eigenvalue weighted by Gasteiger charge is 2.26. The maximum Gasteiger partial charge on any atom is 0.237 e. The van der Waals surface area contributed by atoms with Crippen LogP contribution in [0.4, 0.5) is 0 Å². The number of nitrogens with zero attached hydrogens (tertiary/aromatic N) is 2. The number of piperazine rings is 1. The van der Waals surface area contributed by atoms with Crippen LogP contribution < -0.4 is 4.74 Å². The van der Waals surface area contributed by atoms with Gasteiger partial charge in [0.2, 0.25) is 11.8 Å². The summed E-state index contributed by atoms with van der Waals surface area (Å²) in [7, 11) is -3.64. The van der Waals surface area contributed by atoms with Gasteiger partial charge in [-0.2, -0.15) is 0 Å². The molecule has 1 fully saturated rings. The van der Waals surface area contributed by atoms with Gasteiger partial charge in [-0.3, -0.25) is 9.59 Å². The van der Waals surface area contributed by atoms with E-state index >= 15 is 0 Å². The number of carbonyl (C=O) groups excluding carboxylic acids is 2. The molecule has 3 rings (SSSR count). The maximum atomic E-state index is 12.5. The summed E-state index contributed by atoms with van der Waals surface area (Å²) in [5.74, 6) is -0.286. The molecule has 0 atom stereocenters. The molecule has 0 bridgehead atoms. The molecule has 10 heteroatoms. The number of amides is 2. The van der Waals surface area contributed by atoms with Crippen LogP contribution in [0, 0.1) is 0 Å². The van der Waals surface area contributed by atoms with E-state index in [1.54, 1.807) is 47.4 Å². The smallest absolute Gasteiger partial charge is 0.237 e. The zero-order chi connectivity index (χ0) is 22.6. The van der Waals surface area contributed by atoms with Crippen molar-refractivity contribution in [1.82, 2.24) is 9.80 Å². The fourth-order valence-electron chi connectivity index (χ4n) is 3.19. The van der Waals surface area contributed by atoms with E-state index in [0.717, 1.165) is 0 Å². The predicted octanol–water partition coefficient (Wildman–Crippen LogP) is 3.39. The van der Waals surface area contributed by atoms with Gasteiger partial charge in [0.25, 0.3) is 0 Å². The molecule has 2 amide bonds. The molecule has 0 aliphatic carbocycles. The predicted molar refractivity (Wildman–Crippen MR) is 119 cm³/mol. The minimum Gasteiger partial charge on any atom is -0.457 e. The second-order valence-electron chi connectivity index (χ2n) is 7.24. The number of hydrogen-bond acceptors (Lipinski definition) is 5. The molecule has 0 unspecified atom stereocenters. The Kier molecular flexibility index (Phi) is 7.46. The molecule has 0 N–H and O–H groups in total. The summed E-state index contributed by atoms with van der Waals surface area (Å²) < 4.78 is 30.7. The number of rotatable bonds is 6. The summed E-state index contributed by atoms with van der Waals surface area (Å²) in [6.07, 6.45) is 0. The Morgan fingerprint density at radius 2 is 1.48 bits per heavy atom. The number of benzene rings is 2. The van der Waals surface area contributed by atoms with Crippen molar-refractivity contribution in [2.45, 2.75) is 12.7 Å². The van der Waals surface area contributed by atoms with Crippen LogP contribution in [0.3, 0.4) is 0 Å². The van der Waals surface area contributed by atoms with Crippen LogP contribution >= 0.6 is 23.2 Å². The van der Waals surface area contributed by atoms with Crippen LogP contribution in [-0.2, 0) is 25.2 Å². The van der Waals surface area contributed by atoms with Crippen molar-refractivity contribution in [3.8, 4) is 11.5 Å². The molecule has 0 saturated carbocycles. The van der Waals surface area contributed by atoms with Gasteiger partial charge in [-0.25, -0.2) is 8.42 Å². The Morgan fingerprint density at radius 1 is 0.903 bits per heavy atom. The van der Waals surface area contributed by atoms with Crippen molar-refractivity contribution in [2.24, 2.45) is 0 Å². The van der Waals surface area contributed by atoms with E-state index in [-0.39, 0.29) is 11.7 Å². The third-order valence-electron chi connectivity index (χ3n) is 4.86. The van der Waals surface area contributed by atoms with Gasteiger partial charge in [0.05, 0.1) is 15.8 Å². The largest absolute Gasteiger partial charge is 0.457 e. The Balaban J connectivity index is 1.55. The molecular weight excluding hydrogens is 463 g/mol. The minimum atomic E-state index is -3.64. The van der Waals surface area contributed by atoms with E-state index in [2.05, 4.69) is 0 Å². The Morgan fingerprint density at radius 3 is 2.06 bits per heavy atom. The van der Waals surface area contributed by atoms with Gasteiger partial charge >= 0.3 is 0 Å². The quantitative estimate of drug-likeness (QED) is 0.627. The molecule has 7 nitrogen and oxygen atoms in total. The first-order valence-electron chi connectivity index (χ1n) is 9.58. The third-order valence-corrected chi connectivity index (χ3v) is 7.06. The van der Waals surface area contributed by atoms with E-state index in [9.17, 15) is 18.0 Å². The summed E-state index contributed by atoms with van der Waals surface area (Å²) in [6, 6.07) is 11.5. The fourth-order valence-corrected chi connectivity index (χ4v) is 4.83. The van der Waals surface area contributed by atoms with Gasteiger partial charge in [-0.1, -0.05) is 35.3 Å². The normalized spacial score (nSPS) is 14.4. The first-order chi connectivity index (χ1) is 14.6. The molecule has 0 radical (unpaired) electrons. The van der Waals surface area contributed by atoms with Crippen molar-refractivity contribution >= 4 is 44.9 Å². The number of halogens is 2. The van der Waals surface area contributed by atoms with E-state index in [0.29, 0.717) is 53.3 Å². The second kappa shape index (κ2) is 9.89. The van der Waals surface area contributed by atoms with Gasteiger partial charge in [0, 0.05) is 39.2 Å². The highest BCUT2D eigenvalue weighted by Crippen LogP contribution is 2.29. The van der Waals surface area contributed by atoms with Crippen molar-refractivity contribution in [1.29, 1.82) is 0 Å². The van der Waals surface area contributed by atoms with E-state index in [1.807, 2.05) is 0 Å². The molecule has 31 heavy (non-hydrogen) atoms. The molecule has 0 spiro atoms. The number of hydrogen-bond donors (Lipinski definition) is 0. The molecule has 2 aromatic rings. The topological polar surface area (TPSA) is 84.0 Å². The highest BCUT2D eigenvalue weighted by atomic mass is 35.5. The summed E-state index contributed by atoms with van der Waals surface area (Å²) >= 11 is 11.9. The van der Waals surface area contributed by atoms with Crippen LogP contribution in [-0.4, -0.2) is 62.0 Å². The summed E-state index contributed by atoms with van der Waals surface area (Å²) in [4.78, 5) is 26.9. The van der Waals surface area contributed by atoms with Crippen molar-refractivity contribution in [2.75, 3.05) is 31.9 Å². The lowest BCUT2D eigenvalue weighted by Gasteiger charge is -2.34. The summed E-state index contributed by atoms with van der Waals surface area (Å²) in [5, 5.41) is 0.791. The molecule has 1 aliphatic rings. The molecule has 1 aliphatic heterocycles. The van der Waals surface area contributed by atoms with Gasteiger partial charge in [-0.15, -0.1) is 0 Å². The summed E-state index contributed by atoms with van der Waals surface area (Å²) in [6.45, 7) is 3.00. The van der Waals surface area contributed by atoms with E-state index < -0.39 is 21.5 Å². The molecule has 1 saturated heterocycles. The summed E-state index contributed by atoms with van der Waals surface area (Å²) in [5.41, 5.74) is 0.552. The van der Waals surface area contributed by atoms with Crippen LogP contribution in [0.5, 0.6) is 11.5 Å². The maximum absolute atomic E-state index is 12.5. The van der Waals surface area contributed by atoms with Crippen molar-refractivity contribution in [3.05, 3.63) is 58.1 Å². The molecular formula is C21H22Cl2N2O5S. The first kappa shape index (κ1) is 23.4. The van der Waals surface area contributed by atoms with Crippen molar-refractivity contribution < 1.29 is 22.7 Å². The lowest BCUT2D eigenvalue weighted by atomic mass is 10.2. The standard InChI is InChI=1S/C21H22Cl2N2O5S/c1-15(26)24-8-10-25(11-9-24)21(27)14-31(28,29)13-16-2-4-17(5-3-16)30-18-6-7-19(22)20(23)12-18/h2-7,12H,8-11,13-14H2,1H3. The zero-order valence-corrected chi connectivity index (χ0v) is 19.2. The lowest BCUT2D eigenvalue weighted by molar-refractivity contribution is -0.136. The average Bonchev–Trinajstić information content (AvgIpc) is 2.71. The van der Waals surface area contributed by atoms with Crippen molar-refractivity contribution in [3.63, 3.8) is 0 Å². The third kappa shape index (κ3) is 6.59. The Bertz CT molecular complexity index is 1070. The Hall–Kier alpha value is -2.29. The van der Waals surface area contributed by atoms with Crippen LogP contribution in [0.2, 0.25) is 10.0 Å². The van der Waals surface area contributed by atoms with Crippen LogP contribution in [0.15, 0.2) is 42.5 Å². The van der Waals surface area contributed by atoms with Gasteiger partial charge in [-0.05, 0) is 29.8 Å². The fraction of sp³-hybridized carbons (Fsp3) is 0.333. The van der Waals surface area contributed by atoms with E-state index in [1.165, 1.54) is 11.8 Å². The number of ether oxygens (including phenoxy) is 1. The minimum absolute atomic E-state index is 0.0497. The molecule has 2 aromatic carbocycles. The zero-order valence-electron chi connectivity index (χ0n) is 16.9. The first-order valence-corrected chi connectivity index (χ1v) is 12.2. The number of carbonyl (C=O) groups is 2. The van der Waals surface area contributed by atoms with Gasteiger partial charge in [0.15, 0.2) is 9.84 Å². The van der Waals surface area contributed by atoms with E-state index in [4.69, 9.17) is 27.9 Å². The monoisotopic (exact) mass is 484 g/mol. The van der Waals surface area contributed by atoms with Gasteiger partial charge < -0.3 is 14.5 Å². The molecule has 1 heterocycles. The molecule has 166 valence electrons. The Labute approximate surface area is 191 Å². The van der Waals surface area contributed by atoms with Crippen LogP contribution in [0.25, 0.3) is 0 Å². The van der Waals surface area contributed by atoms with Crippen LogP contribution in [0.1, 0.15) is 12.5 Å².